The molecule has 6 nitrogen and oxygen atoms in total. The number of nitrogens with two attached hydrogens (primary N) is 1. The molecule has 114 valence electrons. The topological polar surface area (TPSA) is 81.2 Å². The molecule has 0 saturated heterocycles. The molecule has 0 aliphatic rings. The molecule has 0 aliphatic heterocycles. The maximum absolute atomic E-state index is 12.7. The standard InChI is InChI=1S/C11H19ClN4O2S2/c1-8(2)7-16(5-4-10(13)19)20(17,18)11-9(12)6-14-15(11)3/h6,8H,4-5,7H2,1-3H3,(H2,13,19). The van der Waals surface area contributed by atoms with Gasteiger partial charge in [-0.3, -0.25) is 4.68 Å². The highest BCUT2D eigenvalue weighted by Gasteiger charge is 2.30. The van der Waals surface area contributed by atoms with Crippen molar-refractivity contribution < 1.29 is 8.42 Å². The molecule has 0 saturated carbocycles. The van der Waals surface area contributed by atoms with Crippen LogP contribution in [0.1, 0.15) is 20.3 Å². The van der Waals surface area contributed by atoms with Crippen molar-refractivity contribution in [2.45, 2.75) is 25.3 Å². The fraction of sp³-hybridized carbons (Fsp3) is 0.636. The Labute approximate surface area is 129 Å². The van der Waals surface area contributed by atoms with Crippen LogP contribution < -0.4 is 5.73 Å². The first-order valence-corrected chi connectivity index (χ1v) is 8.34. The van der Waals surface area contributed by atoms with Gasteiger partial charge in [-0.25, -0.2) is 8.42 Å². The molecule has 0 fully saturated rings. The van der Waals surface area contributed by atoms with Crippen LogP contribution in [-0.2, 0) is 17.1 Å². The van der Waals surface area contributed by atoms with Crippen LogP contribution in [0.5, 0.6) is 0 Å². The summed E-state index contributed by atoms with van der Waals surface area (Å²) in [7, 11) is -2.18. The third-order valence-electron chi connectivity index (χ3n) is 2.60. The number of halogens is 1. The van der Waals surface area contributed by atoms with Crippen molar-refractivity contribution in [3.63, 3.8) is 0 Å². The first-order valence-electron chi connectivity index (χ1n) is 6.12. The summed E-state index contributed by atoms with van der Waals surface area (Å²) < 4.78 is 28.0. The van der Waals surface area contributed by atoms with E-state index in [2.05, 4.69) is 5.10 Å². The second kappa shape index (κ2) is 6.84. The minimum Gasteiger partial charge on any atom is -0.393 e. The molecule has 2 N–H and O–H groups in total. The summed E-state index contributed by atoms with van der Waals surface area (Å²) in [5.74, 6) is 0.170. The monoisotopic (exact) mass is 338 g/mol. The SMILES string of the molecule is CC(C)CN(CCC(N)=S)S(=O)(=O)c1c(Cl)cnn1C. The summed E-state index contributed by atoms with van der Waals surface area (Å²) in [6, 6.07) is 0. The summed E-state index contributed by atoms with van der Waals surface area (Å²) in [4.78, 5) is 0.282. The zero-order valence-electron chi connectivity index (χ0n) is 11.7. The lowest BCUT2D eigenvalue weighted by molar-refractivity contribution is 0.371. The van der Waals surface area contributed by atoms with Crippen LogP contribution in [-0.4, -0.2) is 40.6 Å². The molecular weight excluding hydrogens is 320 g/mol. The molecule has 9 heteroatoms. The first kappa shape index (κ1) is 17.4. The summed E-state index contributed by atoms with van der Waals surface area (Å²) in [6.07, 6.45) is 1.65. The average molecular weight is 339 g/mol. The van der Waals surface area contributed by atoms with Gasteiger partial charge in [-0.1, -0.05) is 37.7 Å². The molecule has 1 aromatic heterocycles. The molecule has 1 aromatic rings. The Morgan fingerprint density at radius 1 is 1.60 bits per heavy atom. The molecule has 0 radical (unpaired) electrons. The Kier molecular flexibility index (Phi) is 5.93. The van der Waals surface area contributed by atoms with Crippen LogP contribution in [0.2, 0.25) is 5.02 Å². The van der Waals surface area contributed by atoms with Crippen molar-refractivity contribution in [2.75, 3.05) is 13.1 Å². The summed E-state index contributed by atoms with van der Waals surface area (Å²) in [5.41, 5.74) is 5.46. The van der Waals surface area contributed by atoms with E-state index in [1.54, 1.807) is 7.05 Å². The van der Waals surface area contributed by atoms with E-state index < -0.39 is 10.0 Å². The second-order valence-electron chi connectivity index (χ2n) is 4.89. The Bertz CT molecular complexity index is 564. The Morgan fingerprint density at radius 2 is 2.20 bits per heavy atom. The number of sulfonamides is 1. The molecular formula is C11H19ClN4O2S2. The minimum atomic E-state index is -3.72. The Hall–Kier alpha value is -0.700. The maximum atomic E-state index is 12.7. The van der Waals surface area contributed by atoms with Gasteiger partial charge in [0.05, 0.1) is 16.2 Å². The second-order valence-corrected chi connectivity index (χ2v) is 7.68. The smallest absolute Gasteiger partial charge is 0.261 e. The van der Waals surface area contributed by atoms with E-state index in [0.29, 0.717) is 13.0 Å². The van der Waals surface area contributed by atoms with Crippen molar-refractivity contribution in [1.82, 2.24) is 14.1 Å². The first-order chi connectivity index (χ1) is 9.16. The average Bonchev–Trinajstić information content (AvgIpc) is 2.63. The normalized spacial score (nSPS) is 12.3. The van der Waals surface area contributed by atoms with Crippen LogP contribution in [0, 0.1) is 5.92 Å². The maximum Gasteiger partial charge on any atom is 0.261 e. The van der Waals surface area contributed by atoms with Crippen LogP contribution in [0.25, 0.3) is 0 Å². The number of thiocarbonyl (C=S) groups is 1. The summed E-state index contributed by atoms with van der Waals surface area (Å²) >= 11 is 10.7. The quantitative estimate of drug-likeness (QED) is 0.760. The number of aryl methyl sites for hydroxylation is 1. The van der Waals surface area contributed by atoms with Gasteiger partial charge >= 0.3 is 0 Å². The van der Waals surface area contributed by atoms with E-state index >= 15 is 0 Å². The van der Waals surface area contributed by atoms with Gasteiger partial charge in [0.25, 0.3) is 10.0 Å². The minimum absolute atomic E-state index is 0.0113. The highest BCUT2D eigenvalue weighted by atomic mass is 35.5. The molecule has 0 atom stereocenters. The fourth-order valence-electron chi connectivity index (χ4n) is 1.76. The molecule has 1 heterocycles. The lowest BCUT2D eigenvalue weighted by Gasteiger charge is -2.23. The third-order valence-corrected chi connectivity index (χ3v) is 5.18. The van der Waals surface area contributed by atoms with Crippen LogP contribution in [0.3, 0.4) is 0 Å². The summed E-state index contributed by atoms with van der Waals surface area (Å²) in [6.45, 7) is 4.48. The van der Waals surface area contributed by atoms with E-state index in [1.807, 2.05) is 13.8 Å². The lowest BCUT2D eigenvalue weighted by atomic mass is 10.2. The number of rotatable bonds is 7. The highest BCUT2D eigenvalue weighted by Crippen LogP contribution is 2.24. The van der Waals surface area contributed by atoms with E-state index in [1.165, 1.54) is 15.2 Å². The van der Waals surface area contributed by atoms with Gasteiger partial charge < -0.3 is 5.73 Å². The number of hydrogen-bond acceptors (Lipinski definition) is 4. The predicted molar refractivity (Wildman–Crippen MR) is 83.2 cm³/mol. The lowest BCUT2D eigenvalue weighted by Crippen LogP contribution is -2.37. The van der Waals surface area contributed by atoms with Crippen LogP contribution in [0.15, 0.2) is 11.2 Å². The largest absolute Gasteiger partial charge is 0.393 e. The molecule has 0 aliphatic carbocycles. The van der Waals surface area contributed by atoms with Crippen molar-refractivity contribution in [2.24, 2.45) is 18.7 Å². The van der Waals surface area contributed by atoms with Crippen LogP contribution in [0.4, 0.5) is 0 Å². The molecule has 0 aromatic carbocycles. The number of hydrogen-bond donors (Lipinski definition) is 1. The molecule has 0 unspecified atom stereocenters. The van der Waals surface area contributed by atoms with Gasteiger partial charge in [-0.05, 0) is 5.92 Å². The Morgan fingerprint density at radius 3 is 2.60 bits per heavy atom. The number of nitrogens with zero attached hydrogens (tertiary/aromatic N) is 3. The molecule has 0 amide bonds. The van der Waals surface area contributed by atoms with Crippen molar-refractivity contribution >= 4 is 38.8 Å². The third kappa shape index (κ3) is 4.15. The highest BCUT2D eigenvalue weighted by molar-refractivity contribution is 7.89. The van der Waals surface area contributed by atoms with Crippen LogP contribution >= 0.6 is 23.8 Å². The Balaban J connectivity index is 3.13. The van der Waals surface area contributed by atoms with Gasteiger partial charge in [-0.15, -0.1) is 0 Å². The van der Waals surface area contributed by atoms with E-state index in [-0.39, 0.29) is 27.5 Å². The summed E-state index contributed by atoms with van der Waals surface area (Å²) in [5, 5.41) is 3.96. The van der Waals surface area contributed by atoms with E-state index in [4.69, 9.17) is 29.6 Å². The molecule has 1 rings (SSSR count). The van der Waals surface area contributed by atoms with E-state index in [9.17, 15) is 8.42 Å². The molecule has 0 bridgehead atoms. The zero-order valence-corrected chi connectivity index (χ0v) is 14.1. The number of aromatic nitrogens is 2. The van der Waals surface area contributed by atoms with Gasteiger partial charge in [0.15, 0.2) is 5.03 Å². The van der Waals surface area contributed by atoms with E-state index in [0.717, 1.165) is 0 Å². The zero-order chi connectivity index (χ0) is 15.5. The van der Waals surface area contributed by atoms with Crippen molar-refractivity contribution in [3.8, 4) is 0 Å². The van der Waals surface area contributed by atoms with Gasteiger partial charge in [0.1, 0.15) is 0 Å². The van der Waals surface area contributed by atoms with Gasteiger partial charge in [0.2, 0.25) is 0 Å². The fourth-order valence-corrected chi connectivity index (χ4v) is 4.06. The van der Waals surface area contributed by atoms with Gasteiger partial charge in [-0.2, -0.15) is 9.40 Å². The van der Waals surface area contributed by atoms with Crippen molar-refractivity contribution in [3.05, 3.63) is 11.2 Å². The van der Waals surface area contributed by atoms with Gasteiger partial charge in [0, 0.05) is 26.6 Å². The molecule has 20 heavy (non-hydrogen) atoms. The predicted octanol–water partition coefficient (Wildman–Crippen LogP) is 1.40. The molecule has 0 spiro atoms. The van der Waals surface area contributed by atoms with Crippen molar-refractivity contribution in [1.29, 1.82) is 0 Å².